The Morgan fingerprint density at radius 3 is 2.84 bits per heavy atom. The third kappa shape index (κ3) is 4.50. The minimum Gasteiger partial charge on any atom is -0.347 e. The number of hydrogen-bond donors (Lipinski definition) is 1. The summed E-state index contributed by atoms with van der Waals surface area (Å²) < 4.78 is 18.7. The fourth-order valence-corrected chi connectivity index (χ4v) is 2.44. The van der Waals surface area contributed by atoms with Crippen LogP contribution in [0.5, 0.6) is 0 Å². The molecule has 1 aromatic heterocycles. The van der Waals surface area contributed by atoms with Crippen molar-refractivity contribution in [3.63, 3.8) is 0 Å². The van der Waals surface area contributed by atoms with E-state index in [0.717, 1.165) is 11.1 Å². The molecule has 0 atom stereocenters. The second-order valence-electron chi connectivity index (χ2n) is 5.75. The molecule has 128 valence electrons. The Balaban J connectivity index is 1.52. The van der Waals surface area contributed by atoms with Gasteiger partial charge >= 0.3 is 0 Å². The maximum atomic E-state index is 13.5. The molecule has 1 N–H and O–H groups in total. The Hall–Kier alpha value is -3.02. The van der Waals surface area contributed by atoms with E-state index in [4.69, 9.17) is 4.52 Å². The van der Waals surface area contributed by atoms with Gasteiger partial charge in [0, 0.05) is 12.0 Å². The highest BCUT2D eigenvalue weighted by Crippen LogP contribution is 2.16. The van der Waals surface area contributed by atoms with Gasteiger partial charge in [0.05, 0.1) is 6.54 Å². The van der Waals surface area contributed by atoms with E-state index in [9.17, 15) is 9.18 Å². The summed E-state index contributed by atoms with van der Waals surface area (Å²) in [6.07, 6.45) is 0.538. The Morgan fingerprint density at radius 1 is 1.20 bits per heavy atom. The van der Waals surface area contributed by atoms with Crippen molar-refractivity contribution in [1.29, 1.82) is 0 Å². The molecule has 0 bridgehead atoms. The van der Waals surface area contributed by atoms with Gasteiger partial charge in [-0.25, -0.2) is 4.39 Å². The Labute approximate surface area is 144 Å². The van der Waals surface area contributed by atoms with Gasteiger partial charge in [-0.1, -0.05) is 47.1 Å². The predicted octanol–water partition coefficient (Wildman–Crippen LogP) is 3.43. The normalized spacial score (nSPS) is 10.6. The maximum absolute atomic E-state index is 13.5. The number of halogens is 1. The van der Waals surface area contributed by atoms with E-state index in [2.05, 4.69) is 15.5 Å². The molecular formula is C19H18FN3O2. The van der Waals surface area contributed by atoms with Crippen LogP contribution in [0.2, 0.25) is 0 Å². The minimum atomic E-state index is -0.296. The van der Waals surface area contributed by atoms with Gasteiger partial charge in [0.25, 0.3) is 0 Å². The lowest BCUT2D eigenvalue weighted by Crippen LogP contribution is -2.23. The van der Waals surface area contributed by atoms with Crippen molar-refractivity contribution in [2.24, 2.45) is 0 Å². The van der Waals surface area contributed by atoms with Crippen LogP contribution in [0.3, 0.4) is 0 Å². The number of nitrogens with one attached hydrogen (secondary N) is 1. The number of amides is 1. The molecule has 0 saturated carbocycles. The lowest BCUT2D eigenvalue weighted by atomic mass is 10.1. The average Bonchev–Trinajstić information content (AvgIpc) is 3.08. The molecule has 6 heteroatoms. The average molecular weight is 339 g/mol. The molecule has 1 amide bonds. The third-order valence-corrected chi connectivity index (χ3v) is 3.76. The Morgan fingerprint density at radius 2 is 2.04 bits per heavy atom. The monoisotopic (exact) mass is 339 g/mol. The fraction of sp³-hybridized carbons (Fsp3) is 0.211. The summed E-state index contributed by atoms with van der Waals surface area (Å²) in [4.78, 5) is 16.2. The molecule has 0 spiro atoms. The molecule has 25 heavy (non-hydrogen) atoms. The van der Waals surface area contributed by atoms with Crippen molar-refractivity contribution < 1.29 is 13.7 Å². The topological polar surface area (TPSA) is 68.0 Å². The van der Waals surface area contributed by atoms with Crippen LogP contribution in [0, 0.1) is 12.7 Å². The van der Waals surface area contributed by atoms with Gasteiger partial charge in [0.2, 0.25) is 17.6 Å². The molecule has 0 aliphatic heterocycles. The highest BCUT2D eigenvalue weighted by atomic mass is 19.1. The van der Waals surface area contributed by atoms with E-state index in [1.807, 2.05) is 31.2 Å². The maximum Gasteiger partial charge on any atom is 0.246 e. The number of aromatic nitrogens is 2. The lowest BCUT2D eigenvalue weighted by molar-refractivity contribution is -0.121. The van der Waals surface area contributed by atoms with Gasteiger partial charge in [0.1, 0.15) is 5.82 Å². The number of hydrogen-bond acceptors (Lipinski definition) is 4. The van der Waals surface area contributed by atoms with E-state index >= 15 is 0 Å². The van der Waals surface area contributed by atoms with Gasteiger partial charge in [-0.05, 0) is 31.0 Å². The Bertz CT molecular complexity index is 876. The van der Waals surface area contributed by atoms with Crippen molar-refractivity contribution in [1.82, 2.24) is 15.5 Å². The number of aryl methyl sites for hydroxylation is 2. The smallest absolute Gasteiger partial charge is 0.246 e. The zero-order valence-corrected chi connectivity index (χ0v) is 13.8. The van der Waals surface area contributed by atoms with Crippen molar-refractivity contribution in [2.45, 2.75) is 26.3 Å². The number of carbonyl (C=O) groups excluding carboxylic acids is 1. The fourth-order valence-electron chi connectivity index (χ4n) is 2.44. The molecule has 0 saturated heterocycles. The largest absolute Gasteiger partial charge is 0.347 e. The van der Waals surface area contributed by atoms with E-state index in [0.29, 0.717) is 23.7 Å². The van der Waals surface area contributed by atoms with Crippen LogP contribution in [0.1, 0.15) is 23.4 Å². The number of nitrogens with zero attached hydrogens (tertiary/aromatic N) is 2. The molecule has 0 aliphatic rings. The molecule has 0 unspecified atom stereocenters. The summed E-state index contributed by atoms with van der Waals surface area (Å²) in [6.45, 7) is 2.13. The van der Waals surface area contributed by atoms with Crippen molar-refractivity contribution in [2.75, 3.05) is 0 Å². The highest BCUT2D eigenvalue weighted by Gasteiger charge is 2.11. The second kappa shape index (κ2) is 7.70. The first-order chi connectivity index (χ1) is 12.1. The lowest BCUT2D eigenvalue weighted by Gasteiger charge is -2.03. The van der Waals surface area contributed by atoms with Crippen molar-refractivity contribution >= 4 is 5.91 Å². The molecule has 3 aromatic rings. The summed E-state index contributed by atoms with van der Waals surface area (Å²) in [5, 5.41) is 6.63. The number of carbonyl (C=O) groups is 1. The zero-order valence-electron chi connectivity index (χ0n) is 13.8. The first kappa shape index (κ1) is 16.8. The summed E-state index contributed by atoms with van der Waals surface area (Å²) >= 11 is 0. The molecule has 0 radical (unpaired) electrons. The first-order valence-electron chi connectivity index (χ1n) is 8.01. The van der Waals surface area contributed by atoms with Gasteiger partial charge < -0.3 is 9.84 Å². The van der Waals surface area contributed by atoms with Gasteiger partial charge in [0.15, 0.2) is 0 Å². The van der Waals surface area contributed by atoms with E-state index < -0.39 is 0 Å². The molecule has 3 rings (SSSR count). The van der Waals surface area contributed by atoms with Crippen molar-refractivity contribution in [3.05, 3.63) is 71.4 Å². The van der Waals surface area contributed by atoms with Crippen molar-refractivity contribution in [3.8, 4) is 11.4 Å². The SMILES string of the molecule is Cc1cccc(-c2noc(CNC(=O)CCc3ccccc3F)n2)c1. The first-order valence-corrected chi connectivity index (χ1v) is 8.01. The molecule has 2 aromatic carbocycles. The van der Waals surface area contributed by atoms with E-state index in [1.54, 1.807) is 18.2 Å². The summed E-state index contributed by atoms with van der Waals surface area (Å²) in [6, 6.07) is 14.2. The van der Waals surface area contributed by atoms with Crippen LogP contribution in [0.25, 0.3) is 11.4 Å². The highest BCUT2D eigenvalue weighted by molar-refractivity contribution is 5.76. The Kier molecular flexibility index (Phi) is 5.18. The van der Waals surface area contributed by atoms with Crippen LogP contribution in [0.4, 0.5) is 4.39 Å². The van der Waals surface area contributed by atoms with Gasteiger partial charge in [-0.3, -0.25) is 4.79 Å². The number of benzene rings is 2. The minimum absolute atomic E-state index is 0.148. The molecule has 1 heterocycles. The zero-order chi connectivity index (χ0) is 17.6. The molecule has 0 aliphatic carbocycles. The van der Waals surface area contributed by atoms with Gasteiger partial charge in [-0.2, -0.15) is 4.98 Å². The van der Waals surface area contributed by atoms with Crippen LogP contribution in [-0.4, -0.2) is 16.0 Å². The third-order valence-electron chi connectivity index (χ3n) is 3.76. The van der Waals surface area contributed by atoms with E-state index in [-0.39, 0.29) is 24.7 Å². The quantitative estimate of drug-likeness (QED) is 0.747. The molecule has 0 fully saturated rings. The summed E-state index contributed by atoms with van der Waals surface area (Å²) in [5.74, 6) is 0.323. The second-order valence-corrected chi connectivity index (χ2v) is 5.75. The van der Waals surface area contributed by atoms with Crippen LogP contribution in [0.15, 0.2) is 53.1 Å². The number of rotatable bonds is 6. The standard InChI is InChI=1S/C19H18FN3O2/c1-13-5-4-7-15(11-13)19-22-18(25-23-19)12-21-17(24)10-9-14-6-2-3-8-16(14)20/h2-8,11H,9-10,12H2,1H3,(H,21,24). The molecular weight excluding hydrogens is 321 g/mol. The molecule has 5 nitrogen and oxygen atoms in total. The van der Waals surface area contributed by atoms with Crippen LogP contribution < -0.4 is 5.32 Å². The summed E-state index contributed by atoms with van der Waals surface area (Å²) in [7, 11) is 0. The van der Waals surface area contributed by atoms with Gasteiger partial charge in [-0.15, -0.1) is 0 Å². The summed E-state index contributed by atoms with van der Waals surface area (Å²) in [5.41, 5.74) is 2.49. The van der Waals surface area contributed by atoms with Crippen LogP contribution >= 0.6 is 0 Å². The van der Waals surface area contributed by atoms with E-state index in [1.165, 1.54) is 6.07 Å². The van der Waals surface area contributed by atoms with Crippen LogP contribution in [-0.2, 0) is 17.8 Å². The predicted molar refractivity (Wildman–Crippen MR) is 91.0 cm³/mol.